The number of sulfone groups is 1. The summed E-state index contributed by atoms with van der Waals surface area (Å²) in [5, 5.41) is 14.7. The highest BCUT2D eigenvalue weighted by molar-refractivity contribution is 7.93. The second-order valence-electron chi connectivity index (χ2n) is 7.62. The highest BCUT2D eigenvalue weighted by Gasteiger charge is 2.33. The molecule has 0 spiro atoms. The van der Waals surface area contributed by atoms with Crippen LogP contribution in [0, 0.1) is 5.92 Å². The number of hydrogen-bond acceptors (Lipinski definition) is 7. The molecule has 0 radical (unpaired) electrons. The molecule has 2 N–H and O–H groups in total. The van der Waals surface area contributed by atoms with E-state index in [9.17, 15) is 18.3 Å². The molecule has 1 aromatic heterocycles. The van der Waals surface area contributed by atoms with Crippen molar-refractivity contribution in [2.24, 2.45) is 5.92 Å². The summed E-state index contributed by atoms with van der Waals surface area (Å²) in [4.78, 5) is 17.5. The van der Waals surface area contributed by atoms with Crippen LogP contribution in [0.2, 0.25) is 0 Å². The molecule has 156 valence electrons. The Morgan fingerprint density at radius 1 is 1.34 bits per heavy atom. The van der Waals surface area contributed by atoms with Crippen molar-refractivity contribution in [1.82, 2.24) is 10.3 Å². The van der Waals surface area contributed by atoms with E-state index in [1.165, 1.54) is 6.08 Å². The molecule has 7 nitrogen and oxygen atoms in total. The zero-order chi connectivity index (χ0) is 21.2. The minimum Gasteiger partial charge on any atom is -0.437 e. The molecule has 1 saturated carbocycles. The van der Waals surface area contributed by atoms with Gasteiger partial charge in [-0.2, -0.15) is 0 Å². The summed E-state index contributed by atoms with van der Waals surface area (Å²) in [6.45, 7) is 3.17. The number of rotatable bonds is 8. The molecule has 0 aliphatic heterocycles. The number of carbonyl (C=O) groups excluding carboxylic acids is 1. The van der Waals surface area contributed by atoms with E-state index < -0.39 is 27.4 Å². The van der Waals surface area contributed by atoms with Gasteiger partial charge in [0, 0.05) is 11.7 Å². The van der Waals surface area contributed by atoms with Crippen molar-refractivity contribution in [3.8, 4) is 11.6 Å². The predicted octanol–water partition coefficient (Wildman–Crippen LogP) is 3.23. The van der Waals surface area contributed by atoms with Gasteiger partial charge in [-0.05, 0) is 44.7 Å². The molecule has 2 aromatic rings. The average molecular weight is 437 g/mol. The first-order valence-corrected chi connectivity index (χ1v) is 12.0. The lowest BCUT2D eigenvalue weighted by Gasteiger charge is -2.14. The van der Waals surface area contributed by atoms with Gasteiger partial charge in [-0.1, -0.05) is 24.3 Å². The maximum atomic E-state index is 13.0. The smallest absolute Gasteiger partial charge is 0.267 e. The Balaban J connectivity index is 1.88. The van der Waals surface area contributed by atoms with E-state index in [1.807, 2.05) is 6.07 Å². The van der Waals surface area contributed by atoms with Gasteiger partial charge in [0.1, 0.15) is 16.4 Å². The molecule has 29 heavy (non-hydrogen) atoms. The first kappa shape index (κ1) is 21.5. The number of nitrogens with zero attached hydrogens (tertiary/aromatic N) is 1. The highest BCUT2D eigenvalue weighted by atomic mass is 32.2. The van der Waals surface area contributed by atoms with Crippen LogP contribution in [-0.4, -0.2) is 36.7 Å². The van der Waals surface area contributed by atoms with Crippen LogP contribution >= 0.6 is 11.3 Å². The maximum absolute atomic E-state index is 13.0. The molecule has 1 amide bonds. The molecule has 3 rings (SSSR count). The molecule has 9 heteroatoms. The van der Waals surface area contributed by atoms with Gasteiger partial charge in [0.2, 0.25) is 5.88 Å². The molecular weight excluding hydrogens is 412 g/mol. The number of nitrogens with one attached hydrogen (secondary N) is 1. The van der Waals surface area contributed by atoms with E-state index in [1.54, 1.807) is 38.1 Å². The maximum Gasteiger partial charge on any atom is 0.267 e. The number of aromatic nitrogens is 1. The third-order valence-electron chi connectivity index (χ3n) is 4.24. The molecule has 0 bridgehead atoms. The molecule has 0 saturated heterocycles. The van der Waals surface area contributed by atoms with Gasteiger partial charge in [0.25, 0.3) is 5.91 Å². The lowest BCUT2D eigenvalue weighted by atomic mass is 10.2. The average Bonchev–Trinajstić information content (AvgIpc) is 3.37. The highest BCUT2D eigenvalue weighted by Crippen LogP contribution is 2.36. The molecule has 1 heterocycles. The van der Waals surface area contributed by atoms with Gasteiger partial charge in [-0.15, -0.1) is 11.3 Å². The number of carbonyl (C=O) groups is 1. The van der Waals surface area contributed by atoms with Gasteiger partial charge >= 0.3 is 0 Å². The number of ether oxygens (including phenoxy) is 1. The number of aliphatic hydroxyl groups is 1. The second-order valence-corrected chi connectivity index (χ2v) is 10.6. The Labute approximate surface area is 174 Å². The zero-order valence-corrected chi connectivity index (χ0v) is 18.1. The van der Waals surface area contributed by atoms with Crippen LogP contribution < -0.4 is 10.1 Å². The lowest BCUT2D eigenvalue weighted by Crippen LogP contribution is -2.34. The monoisotopic (exact) mass is 436 g/mol. The Morgan fingerprint density at radius 3 is 2.55 bits per heavy atom. The largest absolute Gasteiger partial charge is 0.437 e. The Kier molecular flexibility index (Phi) is 6.11. The number of benzene rings is 1. The van der Waals surface area contributed by atoms with Crippen molar-refractivity contribution in [1.29, 1.82) is 0 Å². The van der Waals surface area contributed by atoms with Gasteiger partial charge in [-0.3, -0.25) is 4.79 Å². The molecule has 0 unspecified atom stereocenters. The summed E-state index contributed by atoms with van der Waals surface area (Å²) in [7, 11) is -3.29. The standard InChI is InChI=1S/C20H24N2O5S2/c1-20(2,24)19-22-18(27-14-7-5-4-6-8-14)16(28-19)17(23)21-15(13-9-10-13)11-12-29(3,25)26/h4-8,11-13,15,24H,9-10H2,1-3H3,(H,21,23)/b12-11+/t15-/m1/s1. The van der Waals surface area contributed by atoms with Crippen LogP contribution in [0.4, 0.5) is 0 Å². The van der Waals surface area contributed by atoms with Gasteiger partial charge in [0.05, 0.1) is 6.04 Å². The fraction of sp³-hybridized carbons (Fsp3) is 0.400. The van der Waals surface area contributed by atoms with Crippen LogP contribution in [-0.2, 0) is 15.4 Å². The van der Waals surface area contributed by atoms with Crippen LogP contribution in [0.15, 0.2) is 41.8 Å². The van der Waals surface area contributed by atoms with Crippen molar-refractivity contribution in [2.75, 3.05) is 6.26 Å². The van der Waals surface area contributed by atoms with Crippen LogP contribution in [0.1, 0.15) is 41.4 Å². The number of para-hydroxylation sites is 1. The number of thiazole rings is 1. The molecule has 1 aliphatic rings. The normalized spacial score (nSPS) is 16.0. The molecule has 1 aliphatic carbocycles. The van der Waals surface area contributed by atoms with Crippen LogP contribution in [0.25, 0.3) is 0 Å². The summed E-state index contributed by atoms with van der Waals surface area (Å²) in [5.41, 5.74) is -1.23. The fourth-order valence-corrected chi connectivity index (χ4v) is 3.96. The van der Waals surface area contributed by atoms with E-state index in [0.717, 1.165) is 35.8 Å². The summed E-state index contributed by atoms with van der Waals surface area (Å²) in [5.74, 6) is 0.415. The van der Waals surface area contributed by atoms with Gasteiger partial charge in [0.15, 0.2) is 14.7 Å². The van der Waals surface area contributed by atoms with Crippen molar-refractivity contribution >= 4 is 27.1 Å². The van der Waals surface area contributed by atoms with E-state index in [4.69, 9.17) is 4.74 Å². The Morgan fingerprint density at radius 2 is 2.00 bits per heavy atom. The molecular formula is C20H24N2O5S2. The van der Waals surface area contributed by atoms with E-state index in [0.29, 0.717) is 10.8 Å². The Hall–Kier alpha value is -2.23. The second kappa shape index (κ2) is 8.25. The number of amides is 1. The molecule has 1 fully saturated rings. The van der Waals surface area contributed by atoms with E-state index >= 15 is 0 Å². The lowest BCUT2D eigenvalue weighted by molar-refractivity contribution is 0.0778. The first-order chi connectivity index (χ1) is 13.5. The SMILES string of the molecule is CC(C)(O)c1nc(Oc2ccccc2)c(C(=O)N[C@H](/C=C/S(C)(=O)=O)C2CC2)s1. The van der Waals surface area contributed by atoms with Crippen molar-refractivity contribution in [3.63, 3.8) is 0 Å². The third-order valence-corrected chi connectivity index (χ3v) is 6.24. The summed E-state index contributed by atoms with van der Waals surface area (Å²) in [6, 6.07) is 8.54. The van der Waals surface area contributed by atoms with Crippen LogP contribution in [0.3, 0.4) is 0 Å². The number of hydrogen-bond donors (Lipinski definition) is 2. The van der Waals surface area contributed by atoms with E-state index in [-0.39, 0.29) is 16.7 Å². The van der Waals surface area contributed by atoms with E-state index in [2.05, 4.69) is 10.3 Å². The summed E-state index contributed by atoms with van der Waals surface area (Å²) in [6.07, 6.45) is 4.47. The minimum absolute atomic E-state index is 0.109. The van der Waals surface area contributed by atoms with Crippen molar-refractivity contribution in [3.05, 3.63) is 51.7 Å². The van der Waals surface area contributed by atoms with Crippen LogP contribution in [0.5, 0.6) is 11.6 Å². The Bertz CT molecular complexity index is 1000. The molecule has 1 atom stereocenters. The molecule has 1 aromatic carbocycles. The minimum atomic E-state index is -3.29. The summed E-state index contributed by atoms with van der Waals surface area (Å²) < 4.78 is 28.7. The van der Waals surface area contributed by atoms with Crippen molar-refractivity contribution < 1.29 is 23.1 Å². The third kappa shape index (κ3) is 6.12. The predicted molar refractivity (Wildman–Crippen MR) is 112 cm³/mol. The van der Waals surface area contributed by atoms with Crippen molar-refractivity contribution in [2.45, 2.75) is 38.3 Å². The van der Waals surface area contributed by atoms with Gasteiger partial charge < -0.3 is 15.2 Å². The first-order valence-electron chi connectivity index (χ1n) is 9.18. The quantitative estimate of drug-likeness (QED) is 0.658. The fourth-order valence-electron chi connectivity index (χ4n) is 2.60. The summed E-state index contributed by atoms with van der Waals surface area (Å²) >= 11 is 1.05. The zero-order valence-electron chi connectivity index (χ0n) is 16.5. The van der Waals surface area contributed by atoms with Gasteiger partial charge in [-0.25, -0.2) is 13.4 Å². The topological polar surface area (TPSA) is 106 Å².